The summed E-state index contributed by atoms with van der Waals surface area (Å²) < 4.78 is 8.89. The van der Waals surface area contributed by atoms with E-state index in [-0.39, 0.29) is 11.4 Å². The van der Waals surface area contributed by atoms with Gasteiger partial charge < -0.3 is 14.6 Å². The zero-order valence-electron chi connectivity index (χ0n) is 8.18. The molecule has 6 nitrogen and oxygen atoms in total. The van der Waals surface area contributed by atoms with Crippen LogP contribution in [0.2, 0.25) is 0 Å². The average Bonchev–Trinajstić information content (AvgIpc) is 2.19. The van der Waals surface area contributed by atoms with Crippen molar-refractivity contribution in [2.45, 2.75) is 6.92 Å². The number of nitrogens with zero attached hydrogens (tertiary/aromatic N) is 1. The van der Waals surface area contributed by atoms with Crippen LogP contribution < -0.4 is 4.74 Å². The molecule has 0 fully saturated rings. The fourth-order valence-electron chi connectivity index (χ4n) is 1.00. The van der Waals surface area contributed by atoms with Crippen molar-refractivity contribution in [2.24, 2.45) is 0 Å². The minimum absolute atomic E-state index is 0.100. The van der Waals surface area contributed by atoms with Crippen molar-refractivity contribution in [3.63, 3.8) is 0 Å². The first kappa shape index (κ1) is 11.0. The summed E-state index contributed by atoms with van der Waals surface area (Å²) in [5.74, 6) is -0.841. The number of hydrogen-bond donors (Lipinski definition) is 1. The second-order valence-electron chi connectivity index (χ2n) is 2.67. The monoisotopic (exact) mass is 211 g/mol. The van der Waals surface area contributed by atoms with E-state index < -0.39 is 12.1 Å². The fourth-order valence-corrected chi connectivity index (χ4v) is 1.00. The Hall–Kier alpha value is -2.11. The molecule has 0 aliphatic carbocycles. The Morgan fingerprint density at radius 3 is 2.67 bits per heavy atom. The van der Waals surface area contributed by atoms with E-state index in [0.717, 1.165) is 0 Å². The topological polar surface area (TPSA) is 85.7 Å². The Kier molecular flexibility index (Phi) is 3.22. The molecule has 80 valence electrons. The number of pyridine rings is 1. The molecule has 0 saturated heterocycles. The summed E-state index contributed by atoms with van der Waals surface area (Å²) in [5, 5.41) is 8.47. The summed E-state index contributed by atoms with van der Waals surface area (Å²) in [5.41, 5.74) is 0.340. The first-order valence-corrected chi connectivity index (χ1v) is 4.01. The van der Waals surface area contributed by atoms with Crippen molar-refractivity contribution in [3.8, 4) is 5.75 Å². The van der Waals surface area contributed by atoms with Gasteiger partial charge in [0.25, 0.3) is 0 Å². The molecular weight excluding hydrogens is 202 g/mol. The van der Waals surface area contributed by atoms with E-state index in [9.17, 15) is 9.59 Å². The fraction of sp³-hybridized carbons (Fsp3) is 0.222. The van der Waals surface area contributed by atoms with E-state index >= 15 is 0 Å². The Morgan fingerprint density at radius 2 is 2.13 bits per heavy atom. The number of esters is 1. The molecule has 1 aromatic rings. The van der Waals surface area contributed by atoms with Gasteiger partial charge in [-0.05, 0) is 18.6 Å². The molecule has 1 heterocycles. The molecule has 1 rings (SSSR count). The molecule has 1 N–H and O–H groups in total. The molecular formula is C9H9NO5. The van der Waals surface area contributed by atoms with Crippen molar-refractivity contribution >= 4 is 12.1 Å². The van der Waals surface area contributed by atoms with Gasteiger partial charge in [-0.1, -0.05) is 0 Å². The lowest BCUT2D eigenvalue weighted by Crippen LogP contribution is -2.12. The van der Waals surface area contributed by atoms with Crippen molar-refractivity contribution in [1.29, 1.82) is 0 Å². The molecule has 0 bridgehead atoms. The van der Waals surface area contributed by atoms with Gasteiger partial charge in [-0.3, -0.25) is 0 Å². The van der Waals surface area contributed by atoms with Crippen molar-refractivity contribution in [1.82, 2.24) is 4.98 Å². The van der Waals surface area contributed by atoms with E-state index in [0.29, 0.717) is 5.56 Å². The second-order valence-corrected chi connectivity index (χ2v) is 2.67. The van der Waals surface area contributed by atoms with Gasteiger partial charge in [0.2, 0.25) is 0 Å². The second kappa shape index (κ2) is 4.41. The SMILES string of the molecule is COC(=O)c1nccc(C)c1OC(=O)O. The number of carboxylic acid groups (broad SMARTS) is 1. The van der Waals surface area contributed by atoms with Crippen LogP contribution in [0.3, 0.4) is 0 Å². The third-order valence-corrected chi connectivity index (χ3v) is 1.67. The van der Waals surface area contributed by atoms with Crippen molar-refractivity contribution in [3.05, 3.63) is 23.5 Å². The normalized spacial score (nSPS) is 9.47. The molecule has 0 atom stereocenters. The highest BCUT2D eigenvalue weighted by Gasteiger charge is 2.19. The predicted molar refractivity (Wildman–Crippen MR) is 49.0 cm³/mol. The maximum absolute atomic E-state index is 11.2. The number of carbonyl (C=O) groups excluding carboxylic acids is 1. The third kappa shape index (κ3) is 2.43. The van der Waals surface area contributed by atoms with Crippen LogP contribution in [-0.4, -0.2) is 29.3 Å². The molecule has 0 radical (unpaired) electrons. The molecule has 0 aliphatic heterocycles. The van der Waals surface area contributed by atoms with E-state index in [1.165, 1.54) is 19.4 Å². The van der Waals surface area contributed by atoms with E-state index in [4.69, 9.17) is 5.11 Å². The maximum atomic E-state index is 11.2. The molecule has 0 unspecified atom stereocenters. The summed E-state index contributed by atoms with van der Waals surface area (Å²) >= 11 is 0. The van der Waals surface area contributed by atoms with E-state index in [2.05, 4.69) is 14.5 Å². The Morgan fingerprint density at radius 1 is 1.47 bits per heavy atom. The zero-order chi connectivity index (χ0) is 11.4. The molecule has 15 heavy (non-hydrogen) atoms. The van der Waals surface area contributed by atoms with Crippen LogP contribution in [0, 0.1) is 6.92 Å². The Bertz CT molecular complexity index is 401. The van der Waals surface area contributed by atoms with Crippen LogP contribution in [0.5, 0.6) is 5.75 Å². The van der Waals surface area contributed by atoms with E-state index in [1.54, 1.807) is 6.92 Å². The van der Waals surface area contributed by atoms with Crippen molar-refractivity contribution < 1.29 is 24.2 Å². The van der Waals surface area contributed by atoms with Crippen LogP contribution >= 0.6 is 0 Å². The lowest BCUT2D eigenvalue weighted by atomic mass is 10.2. The predicted octanol–water partition coefficient (Wildman–Crippen LogP) is 1.23. The molecule has 0 amide bonds. The van der Waals surface area contributed by atoms with E-state index in [1.807, 2.05) is 0 Å². The van der Waals surface area contributed by atoms with Gasteiger partial charge in [0.05, 0.1) is 7.11 Å². The smallest absolute Gasteiger partial charge is 0.464 e. The quantitative estimate of drug-likeness (QED) is 0.740. The number of rotatable bonds is 2. The number of aryl methyl sites for hydroxylation is 1. The Balaban J connectivity index is 3.19. The highest BCUT2D eigenvalue weighted by atomic mass is 16.7. The highest BCUT2D eigenvalue weighted by Crippen LogP contribution is 2.21. The first-order chi connectivity index (χ1) is 7.06. The summed E-state index contributed by atoms with van der Waals surface area (Å²) in [6, 6.07) is 1.53. The largest absolute Gasteiger partial charge is 0.511 e. The van der Waals surface area contributed by atoms with Crippen LogP contribution in [0.15, 0.2) is 12.3 Å². The molecule has 0 aromatic carbocycles. The number of carbonyl (C=O) groups is 2. The molecule has 1 aromatic heterocycles. The van der Waals surface area contributed by atoms with Crippen LogP contribution in [-0.2, 0) is 4.74 Å². The summed E-state index contributed by atoms with van der Waals surface area (Å²) in [6.07, 6.45) is -0.132. The molecule has 6 heteroatoms. The lowest BCUT2D eigenvalue weighted by molar-refractivity contribution is 0.0589. The van der Waals surface area contributed by atoms with Crippen LogP contribution in [0.1, 0.15) is 16.1 Å². The van der Waals surface area contributed by atoms with Gasteiger partial charge in [-0.2, -0.15) is 0 Å². The number of ether oxygens (including phenoxy) is 2. The summed E-state index contributed by atoms with van der Waals surface area (Å²) in [6.45, 7) is 1.60. The summed E-state index contributed by atoms with van der Waals surface area (Å²) in [7, 11) is 1.18. The first-order valence-electron chi connectivity index (χ1n) is 4.01. The van der Waals surface area contributed by atoms with Crippen molar-refractivity contribution in [2.75, 3.05) is 7.11 Å². The van der Waals surface area contributed by atoms with Crippen LogP contribution in [0.25, 0.3) is 0 Å². The van der Waals surface area contributed by atoms with Gasteiger partial charge in [0.15, 0.2) is 11.4 Å². The average molecular weight is 211 g/mol. The zero-order valence-corrected chi connectivity index (χ0v) is 8.18. The highest BCUT2D eigenvalue weighted by molar-refractivity contribution is 5.91. The van der Waals surface area contributed by atoms with Crippen LogP contribution in [0.4, 0.5) is 4.79 Å². The Labute approximate surface area is 85.5 Å². The lowest BCUT2D eigenvalue weighted by Gasteiger charge is -2.07. The van der Waals surface area contributed by atoms with Gasteiger partial charge >= 0.3 is 12.1 Å². The standard InChI is InChI=1S/C9H9NO5/c1-5-3-4-10-6(8(11)14-2)7(5)15-9(12)13/h3-4H,1-2H3,(H,12,13). The van der Waals surface area contributed by atoms with Gasteiger partial charge in [-0.15, -0.1) is 0 Å². The minimum Gasteiger partial charge on any atom is -0.464 e. The number of hydrogen-bond acceptors (Lipinski definition) is 5. The van der Waals surface area contributed by atoms with Gasteiger partial charge in [0.1, 0.15) is 0 Å². The maximum Gasteiger partial charge on any atom is 0.511 e. The number of methoxy groups -OCH3 is 1. The molecule has 0 spiro atoms. The van der Waals surface area contributed by atoms with Gasteiger partial charge in [-0.25, -0.2) is 14.6 Å². The molecule has 0 aliphatic rings. The summed E-state index contributed by atoms with van der Waals surface area (Å²) in [4.78, 5) is 25.3. The third-order valence-electron chi connectivity index (χ3n) is 1.67. The minimum atomic E-state index is -1.50. The number of aromatic nitrogens is 1. The molecule has 0 saturated carbocycles. The van der Waals surface area contributed by atoms with Gasteiger partial charge in [0, 0.05) is 6.20 Å².